The Morgan fingerprint density at radius 2 is 1.65 bits per heavy atom. The van der Waals surface area contributed by atoms with Gasteiger partial charge in [-0.25, -0.2) is 8.78 Å². The van der Waals surface area contributed by atoms with E-state index in [0.717, 1.165) is 0 Å². The first-order valence-electron chi connectivity index (χ1n) is 7.02. The van der Waals surface area contributed by atoms with E-state index in [4.69, 9.17) is 5.11 Å². The molecule has 1 aromatic rings. The van der Waals surface area contributed by atoms with E-state index in [-0.39, 0.29) is 22.2 Å². The molecule has 0 unspecified atom stereocenters. The molecule has 0 radical (unpaired) electrons. The van der Waals surface area contributed by atoms with E-state index in [9.17, 15) is 22.0 Å². The maximum atomic E-state index is 14.2. The maximum Gasteiger partial charge on any atom is 0.446 e. The number of piperazine rings is 1. The molecule has 9 heteroatoms. The molecule has 130 valence electrons. The lowest BCUT2D eigenvalue weighted by atomic mass is 9.98. The monoisotopic (exact) mass is 356 g/mol. The number of benzene rings is 1. The number of halogens is 5. The number of alkyl halides is 5. The van der Waals surface area contributed by atoms with Crippen molar-refractivity contribution in [3.8, 4) is 0 Å². The summed E-state index contributed by atoms with van der Waals surface area (Å²) in [7, 11) is 0. The summed E-state index contributed by atoms with van der Waals surface area (Å²) in [5.41, 5.74) is -4.23. The third-order valence-electron chi connectivity index (χ3n) is 3.56. The van der Waals surface area contributed by atoms with Gasteiger partial charge in [-0.05, 0) is 29.5 Å². The van der Waals surface area contributed by atoms with E-state index in [1.807, 2.05) is 0 Å². The zero-order chi connectivity index (χ0) is 17.1. The standard InChI is InChI=1S/C14H17F5N2OS/c15-13(16,9-22)12(21-7-5-20-6-8-21)10-1-3-11(4-2-10)23-14(17,18)19/h1-4,12,20,22H,5-9H2/t12-/m0/s1. The Morgan fingerprint density at radius 1 is 1.09 bits per heavy atom. The zero-order valence-electron chi connectivity index (χ0n) is 12.1. The Labute approximate surface area is 134 Å². The number of rotatable bonds is 5. The van der Waals surface area contributed by atoms with Crippen molar-refractivity contribution in [2.45, 2.75) is 22.4 Å². The zero-order valence-corrected chi connectivity index (χ0v) is 12.9. The predicted molar refractivity (Wildman–Crippen MR) is 77.6 cm³/mol. The third kappa shape index (κ3) is 5.03. The highest BCUT2D eigenvalue weighted by Gasteiger charge is 2.44. The minimum atomic E-state index is -4.42. The first-order chi connectivity index (χ1) is 10.7. The molecule has 1 heterocycles. The highest BCUT2D eigenvalue weighted by atomic mass is 32.2. The van der Waals surface area contributed by atoms with Gasteiger partial charge in [-0.2, -0.15) is 13.2 Å². The lowest BCUT2D eigenvalue weighted by Crippen LogP contribution is -2.51. The number of nitrogens with zero attached hydrogens (tertiary/aromatic N) is 1. The molecular formula is C14H17F5N2OS. The molecule has 0 aliphatic carbocycles. The van der Waals surface area contributed by atoms with Crippen LogP contribution in [0.2, 0.25) is 0 Å². The first-order valence-corrected chi connectivity index (χ1v) is 7.84. The van der Waals surface area contributed by atoms with Crippen molar-refractivity contribution in [2.75, 3.05) is 32.8 Å². The van der Waals surface area contributed by atoms with Gasteiger partial charge >= 0.3 is 5.51 Å². The van der Waals surface area contributed by atoms with E-state index in [1.54, 1.807) is 4.90 Å². The van der Waals surface area contributed by atoms with Gasteiger partial charge in [0.25, 0.3) is 5.92 Å². The van der Waals surface area contributed by atoms with Gasteiger partial charge in [-0.15, -0.1) is 0 Å². The Morgan fingerprint density at radius 3 is 2.13 bits per heavy atom. The molecule has 1 aliphatic rings. The molecule has 0 saturated carbocycles. The number of thioether (sulfide) groups is 1. The van der Waals surface area contributed by atoms with Gasteiger partial charge in [0, 0.05) is 31.1 Å². The van der Waals surface area contributed by atoms with Crippen LogP contribution in [0.4, 0.5) is 22.0 Å². The second kappa shape index (κ2) is 7.33. The summed E-state index contributed by atoms with van der Waals surface area (Å²) in [6.45, 7) is 0.513. The van der Waals surface area contributed by atoms with Crippen LogP contribution in [-0.4, -0.2) is 54.2 Å². The summed E-state index contributed by atoms with van der Waals surface area (Å²) in [5, 5.41) is 12.1. The van der Waals surface area contributed by atoms with Crippen molar-refractivity contribution >= 4 is 11.8 Å². The van der Waals surface area contributed by atoms with Crippen LogP contribution in [0, 0.1) is 0 Å². The minimum absolute atomic E-state index is 0.0624. The molecular weight excluding hydrogens is 339 g/mol. The second-order valence-electron chi connectivity index (χ2n) is 5.22. The van der Waals surface area contributed by atoms with Gasteiger partial charge in [-0.3, -0.25) is 4.90 Å². The molecule has 2 N–H and O–H groups in total. The van der Waals surface area contributed by atoms with Crippen LogP contribution in [0.25, 0.3) is 0 Å². The summed E-state index contributed by atoms with van der Waals surface area (Å²) in [6, 6.07) is 3.53. The number of aliphatic hydroxyl groups excluding tert-OH is 1. The average Bonchev–Trinajstić information content (AvgIpc) is 2.49. The molecule has 3 nitrogen and oxygen atoms in total. The Kier molecular flexibility index (Phi) is 5.88. The summed E-state index contributed by atoms with van der Waals surface area (Å²) in [5.74, 6) is -3.38. The molecule has 0 amide bonds. The number of hydrogen-bond donors (Lipinski definition) is 2. The van der Waals surface area contributed by atoms with E-state index in [2.05, 4.69) is 5.32 Å². The van der Waals surface area contributed by atoms with Crippen LogP contribution in [0.15, 0.2) is 29.2 Å². The quantitative estimate of drug-likeness (QED) is 0.628. The molecule has 1 atom stereocenters. The molecule has 0 aromatic heterocycles. The molecule has 0 bridgehead atoms. The van der Waals surface area contributed by atoms with E-state index >= 15 is 0 Å². The van der Waals surface area contributed by atoms with Crippen LogP contribution in [-0.2, 0) is 0 Å². The highest BCUT2D eigenvalue weighted by molar-refractivity contribution is 8.00. The van der Waals surface area contributed by atoms with Crippen molar-refractivity contribution in [2.24, 2.45) is 0 Å². The van der Waals surface area contributed by atoms with Crippen molar-refractivity contribution in [1.29, 1.82) is 0 Å². The van der Waals surface area contributed by atoms with Gasteiger partial charge in [-0.1, -0.05) is 12.1 Å². The van der Waals surface area contributed by atoms with Crippen LogP contribution in [0.3, 0.4) is 0 Å². The van der Waals surface area contributed by atoms with Gasteiger partial charge in [0.1, 0.15) is 12.6 Å². The summed E-state index contributed by atoms with van der Waals surface area (Å²) in [6.07, 6.45) is 0. The highest BCUT2D eigenvalue weighted by Crippen LogP contribution is 2.40. The topological polar surface area (TPSA) is 35.5 Å². The average molecular weight is 356 g/mol. The summed E-state index contributed by atoms with van der Waals surface area (Å²) < 4.78 is 65.3. The van der Waals surface area contributed by atoms with Crippen LogP contribution >= 0.6 is 11.8 Å². The lowest BCUT2D eigenvalue weighted by molar-refractivity contribution is -0.118. The van der Waals surface area contributed by atoms with Gasteiger partial charge < -0.3 is 10.4 Å². The fraction of sp³-hybridized carbons (Fsp3) is 0.571. The Hall–Kier alpha value is -0.900. The summed E-state index contributed by atoms with van der Waals surface area (Å²) >= 11 is -0.290. The SMILES string of the molecule is OCC(F)(F)[C@H](c1ccc(SC(F)(F)F)cc1)N1CCNCC1. The molecule has 1 aliphatic heterocycles. The van der Waals surface area contributed by atoms with Crippen LogP contribution in [0.1, 0.15) is 11.6 Å². The van der Waals surface area contributed by atoms with Crippen molar-refractivity contribution in [3.63, 3.8) is 0 Å². The molecule has 0 spiro atoms. The number of hydrogen-bond acceptors (Lipinski definition) is 4. The summed E-state index contributed by atoms with van der Waals surface area (Å²) in [4.78, 5) is 1.48. The predicted octanol–water partition coefficient (Wildman–Crippen LogP) is 2.87. The molecule has 1 saturated heterocycles. The van der Waals surface area contributed by atoms with Gasteiger partial charge in [0.05, 0.1) is 0 Å². The Balaban J connectivity index is 2.24. The molecule has 2 rings (SSSR count). The fourth-order valence-electron chi connectivity index (χ4n) is 2.60. The minimum Gasteiger partial charge on any atom is -0.390 e. The fourth-order valence-corrected chi connectivity index (χ4v) is 3.14. The normalized spacial score (nSPS) is 18.9. The third-order valence-corrected chi connectivity index (χ3v) is 4.30. The van der Waals surface area contributed by atoms with Crippen molar-refractivity contribution in [3.05, 3.63) is 29.8 Å². The van der Waals surface area contributed by atoms with Gasteiger partial charge in [0.2, 0.25) is 0 Å². The van der Waals surface area contributed by atoms with E-state index in [1.165, 1.54) is 24.3 Å². The molecule has 1 aromatic carbocycles. The lowest BCUT2D eigenvalue weighted by Gasteiger charge is -2.38. The van der Waals surface area contributed by atoms with Gasteiger partial charge in [0.15, 0.2) is 0 Å². The largest absolute Gasteiger partial charge is 0.446 e. The van der Waals surface area contributed by atoms with Crippen LogP contribution in [0.5, 0.6) is 0 Å². The molecule has 23 heavy (non-hydrogen) atoms. The van der Waals surface area contributed by atoms with Crippen molar-refractivity contribution < 1.29 is 27.1 Å². The molecule has 1 fully saturated rings. The smallest absolute Gasteiger partial charge is 0.390 e. The van der Waals surface area contributed by atoms with Crippen molar-refractivity contribution in [1.82, 2.24) is 10.2 Å². The number of nitrogens with one attached hydrogen (secondary N) is 1. The van der Waals surface area contributed by atoms with E-state index in [0.29, 0.717) is 26.2 Å². The maximum absolute atomic E-state index is 14.2. The first kappa shape index (κ1) is 18.4. The van der Waals surface area contributed by atoms with Crippen LogP contribution < -0.4 is 5.32 Å². The van der Waals surface area contributed by atoms with E-state index < -0.39 is 24.1 Å². The second-order valence-corrected chi connectivity index (χ2v) is 6.36. The Bertz CT molecular complexity index is 503. The number of aliphatic hydroxyl groups is 1.